The molecule has 1 saturated heterocycles. The highest BCUT2D eigenvalue weighted by molar-refractivity contribution is 5.91. The summed E-state index contributed by atoms with van der Waals surface area (Å²) >= 11 is 0. The van der Waals surface area contributed by atoms with Gasteiger partial charge in [-0.3, -0.25) is 4.79 Å². The molecule has 2 heterocycles. The molecule has 1 aromatic heterocycles. The number of nitrogens with zero attached hydrogens (tertiary/aromatic N) is 2. The molecule has 4 rings (SSSR count). The summed E-state index contributed by atoms with van der Waals surface area (Å²) in [4.78, 5) is 17.2. The van der Waals surface area contributed by atoms with E-state index in [-0.39, 0.29) is 16.6 Å². The predicted molar refractivity (Wildman–Crippen MR) is 111 cm³/mol. The first-order valence-electron chi connectivity index (χ1n) is 10.6. The molecule has 4 heteroatoms. The molecule has 28 heavy (non-hydrogen) atoms. The molecule has 0 N–H and O–H groups in total. The zero-order chi connectivity index (χ0) is 19.9. The summed E-state index contributed by atoms with van der Waals surface area (Å²) in [5, 5.41) is 0. The number of imidazole rings is 1. The van der Waals surface area contributed by atoms with E-state index in [1.165, 1.54) is 0 Å². The average molecular weight is 381 g/mol. The minimum atomic E-state index is -0.243. The maximum absolute atomic E-state index is 12.2. The lowest BCUT2D eigenvalue weighted by molar-refractivity contribution is -0.119. The number of carbonyl (C=O) groups is 1. The lowest BCUT2D eigenvalue weighted by Gasteiger charge is -2.25. The summed E-state index contributed by atoms with van der Waals surface area (Å²) in [6.07, 6.45) is 6.39. The Labute approximate surface area is 168 Å². The van der Waals surface area contributed by atoms with Crippen molar-refractivity contribution < 1.29 is 9.53 Å². The van der Waals surface area contributed by atoms with Crippen molar-refractivity contribution in [3.8, 4) is 11.3 Å². The first-order chi connectivity index (χ1) is 13.3. The van der Waals surface area contributed by atoms with Crippen molar-refractivity contribution in [2.45, 2.75) is 70.8 Å². The molecule has 1 saturated carbocycles. The van der Waals surface area contributed by atoms with Gasteiger partial charge in [-0.15, -0.1) is 0 Å². The van der Waals surface area contributed by atoms with Gasteiger partial charge >= 0.3 is 0 Å². The van der Waals surface area contributed by atoms with Crippen molar-refractivity contribution in [2.75, 3.05) is 13.2 Å². The third-order valence-electron chi connectivity index (χ3n) is 6.38. The van der Waals surface area contributed by atoms with E-state index >= 15 is 0 Å². The lowest BCUT2D eigenvalue weighted by Crippen LogP contribution is -2.24. The predicted octanol–water partition coefficient (Wildman–Crippen LogP) is 4.89. The molecule has 4 nitrogen and oxygen atoms in total. The van der Waals surface area contributed by atoms with Gasteiger partial charge in [-0.2, -0.15) is 0 Å². The lowest BCUT2D eigenvalue weighted by atomic mass is 9.90. The Bertz CT molecular complexity index is 865. The highest BCUT2D eigenvalue weighted by Crippen LogP contribution is 2.49. The molecule has 0 amide bonds. The fourth-order valence-electron chi connectivity index (χ4n) is 4.45. The molecule has 0 unspecified atom stereocenters. The summed E-state index contributed by atoms with van der Waals surface area (Å²) in [6, 6.07) is 8.47. The van der Waals surface area contributed by atoms with E-state index in [1.807, 2.05) is 0 Å². The third-order valence-corrected chi connectivity index (χ3v) is 6.38. The molecule has 1 aliphatic heterocycles. The maximum Gasteiger partial charge on any atom is 0.140 e. The van der Waals surface area contributed by atoms with Crippen LogP contribution in [0.15, 0.2) is 30.5 Å². The second-order valence-corrected chi connectivity index (χ2v) is 9.63. The SMILES string of the molecule is CC(=O)C1(c2cccc(-c3cn(CC4CCOCC4)c(C(C)(C)C)n3)c2)CC1. The number of benzene rings is 1. The molecule has 0 spiro atoms. The highest BCUT2D eigenvalue weighted by atomic mass is 16.5. The Morgan fingerprint density at radius 2 is 1.96 bits per heavy atom. The minimum absolute atomic E-state index is 0.0157. The van der Waals surface area contributed by atoms with E-state index in [1.54, 1.807) is 6.92 Å². The van der Waals surface area contributed by atoms with Crippen LogP contribution in [-0.2, 0) is 26.9 Å². The summed E-state index contributed by atoms with van der Waals surface area (Å²) < 4.78 is 7.88. The van der Waals surface area contributed by atoms with Crippen LogP contribution < -0.4 is 0 Å². The Kier molecular flexibility index (Phi) is 4.95. The van der Waals surface area contributed by atoms with Crippen LogP contribution >= 0.6 is 0 Å². The van der Waals surface area contributed by atoms with Crippen molar-refractivity contribution in [3.05, 3.63) is 41.9 Å². The largest absolute Gasteiger partial charge is 0.381 e. The Balaban J connectivity index is 1.67. The van der Waals surface area contributed by atoms with Crippen molar-refractivity contribution in [2.24, 2.45) is 5.92 Å². The highest BCUT2D eigenvalue weighted by Gasteiger charge is 2.48. The van der Waals surface area contributed by atoms with Crippen LogP contribution in [0.25, 0.3) is 11.3 Å². The quantitative estimate of drug-likeness (QED) is 0.741. The first-order valence-corrected chi connectivity index (χ1v) is 10.6. The van der Waals surface area contributed by atoms with Crippen LogP contribution in [-0.4, -0.2) is 28.5 Å². The molecule has 1 aliphatic carbocycles. The molecule has 2 aliphatic rings. The van der Waals surface area contributed by atoms with Gasteiger partial charge in [0.05, 0.1) is 11.1 Å². The monoisotopic (exact) mass is 380 g/mol. The number of ether oxygens (including phenoxy) is 1. The topological polar surface area (TPSA) is 44.1 Å². The number of Topliss-reactive ketones (excluding diaryl/α,β-unsaturated/α-hetero) is 1. The average Bonchev–Trinajstić information content (AvgIpc) is 3.37. The van der Waals surface area contributed by atoms with Gasteiger partial charge in [-0.05, 0) is 50.2 Å². The smallest absolute Gasteiger partial charge is 0.140 e. The number of ketones is 1. The zero-order valence-corrected chi connectivity index (χ0v) is 17.6. The van der Waals surface area contributed by atoms with Gasteiger partial charge in [-0.1, -0.05) is 39.0 Å². The van der Waals surface area contributed by atoms with Crippen LogP contribution in [0.1, 0.15) is 64.8 Å². The second-order valence-electron chi connectivity index (χ2n) is 9.63. The van der Waals surface area contributed by atoms with E-state index in [4.69, 9.17) is 9.72 Å². The summed E-state index contributed by atoms with van der Waals surface area (Å²) in [5.41, 5.74) is 3.01. The van der Waals surface area contributed by atoms with Gasteiger partial charge in [0.25, 0.3) is 0 Å². The number of hydrogen-bond acceptors (Lipinski definition) is 3. The minimum Gasteiger partial charge on any atom is -0.381 e. The summed E-state index contributed by atoms with van der Waals surface area (Å²) in [7, 11) is 0. The maximum atomic E-state index is 12.2. The molecule has 1 aromatic carbocycles. The molecule has 2 aromatic rings. The van der Waals surface area contributed by atoms with Crippen LogP contribution in [0.3, 0.4) is 0 Å². The van der Waals surface area contributed by atoms with Crippen molar-refractivity contribution in [1.29, 1.82) is 0 Å². The van der Waals surface area contributed by atoms with Crippen molar-refractivity contribution >= 4 is 5.78 Å². The Morgan fingerprint density at radius 1 is 1.25 bits per heavy atom. The fourth-order valence-corrected chi connectivity index (χ4v) is 4.45. The van der Waals surface area contributed by atoms with Crippen molar-refractivity contribution in [1.82, 2.24) is 9.55 Å². The normalized spacial score (nSPS) is 19.6. The van der Waals surface area contributed by atoms with E-state index in [0.717, 1.165) is 68.1 Å². The van der Waals surface area contributed by atoms with Gasteiger partial charge < -0.3 is 9.30 Å². The van der Waals surface area contributed by atoms with Gasteiger partial charge in [0.2, 0.25) is 0 Å². The molecule has 0 radical (unpaired) electrons. The van der Waals surface area contributed by atoms with E-state index in [2.05, 4.69) is 55.8 Å². The molecule has 2 fully saturated rings. The van der Waals surface area contributed by atoms with Crippen molar-refractivity contribution in [3.63, 3.8) is 0 Å². The van der Waals surface area contributed by atoms with Gasteiger partial charge in [0.1, 0.15) is 11.6 Å². The molecule has 0 bridgehead atoms. The first kappa shape index (κ1) is 19.4. The second kappa shape index (κ2) is 7.14. The van der Waals surface area contributed by atoms with Gasteiger partial charge in [0, 0.05) is 36.9 Å². The molecular weight excluding hydrogens is 348 g/mol. The van der Waals surface area contributed by atoms with Crippen LogP contribution in [0.2, 0.25) is 0 Å². The summed E-state index contributed by atoms with van der Waals surface area (Å²) in [5.74, 6) is 2.06. The van der Waals surface area contributed by atoms with Crippen LogP contribution in [0, 0.1) is 5.92 Å². The Hall–Kier alpha value is -1.94. The molecule has 0 atom stereocenters. The van der Waals surface area contributed by atoms with E-state index in [9.17, 15) is 4.79 Å². The Morgan fingerprint density at radius 3 is 2.57 bits per heavy atom. The van der Waals surface area contributed by atoms with Crippen LogP contribution in [0.4, 0.5) is 0 Å². The standard InChI is InChI=1S/C24H32N2O2/c1-17(27)24(10-11-24)20-7-5-6-19(14-20)21-16-26(22(25-21)23(2,3)4)15-18-8-12-28-13-9-18/h5-7,14,16,18H,8-13,15H2,1-4H3. The zero-order valence-electron chi connectivity index (χ0n) is 17.6. The van der Waals surface area contributed by atoms with E-state index < -0.39 is 0 Å². The van der Waals surface area contributed by atoms with Crippen LogP contribution in [0.5, 0.6) is 0 Å². The van der Waals surface area contributed by atoms with E-state index in [0.29, 0.717) is 5.92 Å². The fraction of sp³-hybridized carbons (Fsp3) is 0.583. The number of carbonyl (C=O) groups excluding carboxylic acids is 1. The summed E-state index contributed by atoms with van der Waals surface area (Å²) in [6.45, 7) is 11.1. The number of aromatic nitrogens is 2. The molecule has 150 valence electrons. The number of hydrogen-bond donors (Lipinski definition) is 0. The third kappa shape index (κ3) is 3.67. The van der Waals surface area contributed by atoms with Gasteiger partial charge in [0.15, 0.2) is 0 Å². The molecular formula is C24H32N2O2. The van der Waals surface area contributed by atoms with Gasteiger partial charge in [-0.25, -0.2) is 4.98 Å². The number of rotatable bonds is 5.